The SMILES string of the molecule is Cc1c(CC[C@@H]2CCCN2C(=O)CNC2CC2)[nH]c2cc(C#N)ccc12. The lowest BCUT2D eigenvalue weighted by molar-refractivity contribution is -0.131. The van der Waals surface area contributed by atoms with Crippen molar-refractivity contribution in [1.29, 1.82) is 5.26 Å². The molecule has 26 heavy (non-hydrogen) atoms. The van der Waals surface area contributed by atoms with Gasteiger partial charge in [-0.15, -0.1) is 0 Å². The van der Waals surface area contributed by atoms with Gasteiger partial charge < -0.3 is 15.2 Å². The van der Waals surface area contributed by atoms with Crippen molar-refractivity contribution in [1.82, 2.24) is 15.2 Å². The molecular formula is C21H26N4O. The van der Waals surface area contributed by atoms with E-state index in [-0.39, 0.29) is 5.91 Å². The molecule has 1 atom stereocenters. The van der Waals surface area contributed by atoms with Crippen molar-refractivity contribution >= 4 is 16.8 Å². The van der Waals surface area contributed by atoms with Gasteiger partial charge in [-0.3, -0.25) is 4.79 Å². The second-order valence-corrected chi connectivity index (χ2v) is 7.68. The third-order valence-corrected chi connectivity index (χ3v) is 5.84. The molecule has 2 N–H and O–H groups in total. The fourth-order valence-electron chi connectivity index (χ4n) is 4.11. The Morgan fingerprint density at radius 1 is 1.38 bits per heavy atom. The van der Waals surface area contributed by atoms with Gasteiger partial charge in [0.25, 0.3) is 0 Å². The molecule has 1 saturated heterocycles. The number of nitriles is 1. The Kier molecular flexibility index (Phi) is 4.69. The quantitative estimate of drug-likeness (QED) is 0.841. The highest BCUT2D eigenvalue weighted by Crippen LogP contribution is 2.27. The normalized spacial score (nSPS) is 19.8. The molecule has 1 aromatic heterocycles. The standard InChI is InChI=1S/C21H26N4O/c1-14-18-8-4-15(12-22)11-20(18)24-19(14)9-7-17-3-2-10-25(17)21(26)13-23-16-5-6-16/h4,8,11,16-17,23-24H,2-3,5-7,9-10,13H2,1H3/t17-/m0/s1. The first kappa shape index (κ1) is 17.1. The lowest BCUT2D eigenvalue weighted by Crippen LogP contribution is -2.41. The molecule has 4 rings (SSSR count). The number of aromatic amines is 1. The Balaban J connectivity index is 1.41. The van der Waals surface area contributed by atoms with E-state index in [1.165, 1.54) is 29.5 Å². The number of carbonyl (C=O) groups excluding carboxylic acids is 1. The zero-order valence-electron chi connectivity index (χ0n) is 15.3. The highest BCUT2D eigenvalue weighted by molar-refractivity contribution is 5.85. The number of nitrogens with one attached hydrogen (secondary N) is 2. The van der Waals surface area contributed by atoms with Gasteiger partial charge in [0, 0.05) is 35.2 Å². The summed E-state index contributed by atoms with van der Waals surface area (Å²) >= 11 is 0. The van der Waals surface area contributed by atoms with E-state index in [0.29, 0.717) is 24.2 Å². The average Bonchev–Trinajstić information content (AvgIpc) is 3.28. The van der Waals surface area contributed by atoms with Crippen molar-refractivity contribution < 1.29 is 4.79 Å². The molecule has 5 nitrogen and oxygen atoms in total. The largest absolute Gasteiger partial charge is 0.358 e. The number of hydrogen-bond acceptors (Lipinski definition) is 3. The van der Waals surface area contributed by atoms with Crippen molar-refractivity contribution in [3.63, 3.8) is 0 Å². The number of nitrogens with zero attached hydrogens (tertiary/aromatic N) is 2. The van der Waals surface area contributed by atoms with Gasteiger partial charge in [-0.2, -0.15) is 5.26 Å². The molecule has 0 bridgehead atoms. The molecule has 1 amide bonds. The fraction of sp³-hybridized carbons (Fsp3) is 0.524. The fourth-order valence-corrected chi connectivity index (χ4v) is 4.11. The Morgan fingerprint density at radius 3 is 3.00 bits per heavy atom. The van der Waals surface area contributed by atoms with Gasteiger partial charge in [0.05, 0.1) is 18.2 Å². The summed E-state index contributed by atoms with van der Waals surface area (Å²) in [6.45, 7) is 3.52. The molecule has 2 aromatic rings. The molecule has 1 aliphatic carbocycles. The van der Waals surface area contributed by atoms with Gasteiger partial charge in [-0.1, -0.05) is 6.07 Å². The molecule has 0 unspecified atom stereocenters. The molecule has 2 fully saturated rings. The summed E-state index contributed by atoms with van der Waals surface area (Å²) in [6.07, 6.45) is 6.57. The average molecular weight is 350 g/mol. The van der Waals surface area contributed by atoms with E-state index >= 15 is 0 Å². The molecule has 1 saturated carbocycles. The first-order valence-corrected chi connectivity index (χ1v) is 9.70. The van der Waals surface area contributed by atoms with E-state index in [1.807, 2.05) is 18.2 Å². The summed E-state index contributed by atoms with van der Waals surface area (Å²) in [4.78, 5) is 18.1. The lowest BCUT2D eigenvalue weighted by Gasteiger charge is -2.25. The van der Waals surface area contributed by atoms with E-state index in [9.17, 15) is 4.79 Å². The van der Waals surface area contributed by atoms with E-state index in [1.54, 1.807) is 0 Å². The molecule has 2 aliphatic rings. The maximum atomic E-state index is 12.5. The van der Waals surface area contributed by atoms with Crippen LogP contribution in [0.5, 0.6) is 0 Å². The summed E-state index contributed by atoms with van der Waals surface area (Å²) in [6, 6.07) is 8.94. The minimum atomic E-state index is 0.256. The number of carbonyl (C=O) groups is 1. The third-order valence-electron chi connectivity index (χ3n) is 5.84. The van der Waals surface area contributed by atoms with E-state index in [2.05, 4.69) is 28.2 Å². The summed E-state index contributed by atoms with van der Waals surface area (Å²) in [5.41, 5.74) is 4.20. The van der Waals surface area contributed by atoms with Gasteiger partial charge in [0.2, 0.25) is 5.91 Å². The summed E-state index contributed by atoms with van der Waals surface area (Å²) < 4.78 is 0. The van der Waals surface area contributed by atoms with Crippen LogP contribution in [-0.2, 0) is 11.2 Å². The number of likely N-dealkylation sites (tertiary alicyclic amines) is 1. The number of fused-ring (bicyclic) bond motifs is 1. The number of H-pyrrole nitrogens is 1. The third kappa shape index (κ3) is 3.47. The second kappa shape index (κ2) is 7.13. The number of hydrogen-bond donors (Lipinski definition) is 2. The van der Waals surface area contributed by atoms with Crippen LogP contribution in [0.4, 0.5) is 0 Å². The summed E-state index contributed by atoms with van der Waals surface area (Å²) in [7, 11) is 0. The van der Waals surface area contributed by atoms with E-state index in [4.69, 9.17) is 5.26 Å². The van der Waals surface area contributed by atoms with Crippen molar-refractivity contribution in [2.45, 2.75) is 57.5 Å². The highest BCUT2D eigenvalue weighted by atomic mass is 16.2. The van der Waals surface area contributed by atoms with Crippen molar-refractivity contribution in [3.05, 3.63) is 35.0 Å². The van der Waals surface area contributed by atoms with Gasteiger partial charge in [0.15, 0.2) is 0 Å². The van der Waals surface area contributed by atoms with E-state index < -0.39 is 0 Å². The Hall–Kier alpha value is -2.32. The molecule has 5 heteroatoms. The predicted molar refractivity (Wildman–Crippen MR) is 102 cm³/mol. The Bertz CT molecular complexity index is 859. The number of benzene rings is 1. The first-order valence-electron chi connectivity index (χ1n) is 9.70. The van der Waals surface area contributed by atoms with Crippen LogP contribution in [0, 0.1) is 18.3 Å². The monoisotopic (exact) mass is 350 g/mol. The molecular weight excluding hydrogens is 324 g/mol. The van der Waals surface area contributed by atoms with Gasteiger partial charge in [-0.25, -0.2) is 0 Å². The molecule has 1 aromatic carbocycles. The van der Waals surface area contributed by atoms with Crippen LogP contribution in [0.15, 0.2) is 18.2 Å². The van der Waals surface area contributed by atoms with Crippen LogP contribution in [0.2, 0.25) is 0 Å². The Labute approximate surface area is 154 Å². The zero-order chi connectivity index (χ0) is 18.1. The predicted octanol–water partition coefficient (Wildman–Crippen LogP) is 3.02. The minimum absolute atomic E-state index is 0.256. The van der Waals surface area contributed by atoms with Crippen molar-refractivity contribution in [3.8, 4) is 6.07 Å². The van der Waals surface area contributed by atoms with Crippen LogP contribution < -0.4 is 5.32 Å². The summed E-state index contributed by atoms with van der Waals surface area (Å²) in [5, 5.41) is 13.6. The van der Waals surface area contributed by atoms with Gasteiger partial charge >= 0.3 is 0 Å². The highest BCUT2D eigenvalue weighted by Gasteiger charge is 2.30. The van der Waals surface area contributed by atoms with Crippen LogP contribution in [0.25, 0.3) is 10.9 Å². The van der Waals surface area contributed by atoms with Crippen LogP contribution in [-0.4, -0.2) is 41.0 Å². The van der Waals surface area contributed by atoms with Crippen LogP contribution in [0.1, 0.15) is 48.9 Å². The molecule has 136 valence electrons. The van der Waals surface area contributed by atoms with Crippen molar-refractivity contribution in [2.75, 3.05) is 13.1 Å². The first-order chi connectivity index (χ1) is 12.7. The van der Waals surface area contributed by atoms with Crippen LogP contribution in [0.3, 0.4) is 0 Å². The topological polar surface area (TPSA) is 71.9 Å². The minimum Gasteiger partial charge on any atom is -0.358 e. The molecule has 1 aliphatic heterocycles. The maximum absolute atomic E-state index is 12.5. The summed E-state index contributed by atoms with van der Waals surface area (Å²) in [5.74, 6) is 0.256. The Morgan fingerprint density at radius 2 is 2.23 bits per heavy atom. The number of aryl methyl sites for hydroxylation is 2. The number of rotatable bonds is 6. The number of aromatic nitrogens is 1. The van der Waals surface area contributed by atoms with Gasteiger partial charge in [-0.05, 0) is 63.1 Å². The van der Waals surface area contributed by atoms with E-state index in [0.717, 1.165) is 37.7 Å². The number of amides is 1. The molecule has 0 radical (unpaired) electrons. The lowest BCUT2D eigenvalue weighted by atomic mass is 10.0. The molecule has 0 spiro atoms. The maximum Gasteiger partial charge on any atom is 0.236 e. The molecule has 2 heterocycles. The smallest absolute Gasteiger partial charge is 0.236 e. The van der Waals surface area contributed by atoms with Crippen LogP contribution >= 0.6 is 0 Å². The van der Waals surface area contributed by atoms with Gasteiger partial charge in [0.1, 0.15) is 0 Å². The zero-order valence-corrected chi connectivity index (χ0v) is 15.3. The van der Waals surface area contributed by atoms with Crippen molar-refractivity contribution in [2.24, 2.45) is 0 Å². The second-order valence-electron chi connectivity index (χ2n) is 7.68.